The Bertz CT molecular complexity index is 1610. The second kappa shape index (κ2) is 13.0. The smallest absolute Gasteiger partial charge is 0.337 e. The largest absolute Gasteiger partial charge is 0.503 e. The number of carbonyl (C=O) groups is 2. The van der Waals surface area contributed by atoms with Crippen LogP contribution in [-0.2, 0) is 20.9 Å². The fourth-order valence-corrected chi connectivity index (χ4v) is 6.27. The van der Waals surface area contributed by atoms with Crippen LogP contribution in [0.2, 0.25) is 0 Å². The number of nitrogens with one attached hydrogen (secondary N) is 1. The quantitative estimate of drug-likeness (QED) is 0.248. The molecule has 8 nitrogen and oxygen atoms in total. The molecule has 2 aliphatic rings. The predicted octanol–water partition coefficient (Wildman–Crippen LogP) is 6.68. The van der Waals surface area contributed by atoms with Crippen LogP contribution in [0, 0.1) is 0 Å². The molecule has 0 saturated heterocycles. The van der Waals surface area contributed by atoms with Crippen LogP contribution in [0.3, 0.4) is 0 Å². The maximum absolute atomic E-state index is 14.1. The predicted molar refractivity (Wildman–Crippen MR) is 165 cm³/mol. The number of aromatic hydroxyl groups is 1. The number of carbonyl (C=O) groups excluding carboxylic acids is 2. The van der Waals surface area contributed by atoms with E-state index in [-0.39, 0.29) is 36.2 Å². The number of phenols is 1. The summed E-state index contributed by atoms with van der Waals surface area (Å²) in [5.41, 5.74) is 4.64. The monoisotopic (exact) mass is 647 g/mol. The molecule has 0 saturated carbocycles. The number of rotatable bonds is 9. The maximum Gasteiger partial charge on any atom is 0.337 e. The van der Waals surface area contributed by atoms with Gasteiger partial charge in [-0.1, -0.05) is 36.4 Å². The number of Topliss-reactive ketones (excluding diaryl/α,β-unsaturated/α-hetero) is 1. The van der Waals surface area contributed by atoms with Crippen LogP contribution >= 0.6 is 15.9 Å². The first-order valence-corrected chi connectivity index (χ1v) is 14.9. The molecule has 9 heteroatoms. The van der Waals surface area contributed by atoms with Crippen LogP contribution in [0.25, 0.3) is 0 Å². The lowest BCUT2D eigenvalue weighted by atomic mass is 9.71. The molecule has 2 N–H and O–H groups in total. The van der Waals surface area contributed by atoms with Crippen LogP contribution in [0.15, 0.2) is 87.7 Å². The lowest BCUT2D eigenvalue weighted by Gasteiger charge is -2.37. The van der Waals surface area contributed by atoms with Gasteiger partial charge >= 0.3 is 5.97 Å². The number of ether oxygens (including phenoxy) is 4. The van der Waals surface area contributed by atoms with E-state index in [1.807, 2.05) is 62.4 Å². The molecule has 0 amide bonds. The van der Waals surface area contributed by atoms with Gasteiger partial charge in [0.25, 0.3) is 0 Å². The van der Waals surface area contributed by atoms with Crippen molar-refractivity contribution >= 4 is 27.7 Å². The van der Waals surface area contributed by atoms with Crippen molar-refractivity contribution in [1.82, 2.24) is 5.32 Å². The first-order valence-electron chi connectivity index (χ1n) is 14.1. The van der Waals surface area contributed by atoms with Crippen molar-refractivity contribution in [2.75, 3.05) is 20.8 Å². The summed E-state index contributed by atoms with van der Waals surface area (Å²) in [7, 11) is 3.17. The highest BCUT2D eigenvalue weighted by molar-refractivity contribution is 9.10. The summed E-state index contributed by atoms with van der Waals surface area (Å²) in [5.74, 6) is -0.0226. The van der Waals surface area contributed by atoms with Gasteiger partial charge in [0.2, 0.25) is 0 Å². The SMILES string of the molecule is CCOc1cc(C2C(C(=O)OCc3ccccc3)=C(C)NC3=C2C(=O)CC(c2ccc(OC)c(OC)c2)C3)cc(Br)c1O. The molecule has 1 aliphatic carbocycles. The third-order valence-electron chi connectivity index (χ3n) is 7.82. The van der Waals surface area contributed by atoms with Gasteiger partial charge in [0, 0.05) is 29.3 Å². The molecule has 0 fully saturated rings. The number of halogens is 1. The van der Waals surface area contributed by atoms with E-state index >= 15 is 0 Å². The Morgan fingerprint density at radius 2 is 1.70 bits per heavy atom. The summed E-state index contributed by atoms with van der Waals surface area (Å²) < 4.78 is 22.8. The zero-order chi connectivity index (χ0) is 30.7. The number of hydrogen-bond donors (Lipinski definition) is 2. The minimum absolute atomic E-state index is 0.0499. The standard InChI is InChI=1S/C34H34BrNO7/c1-5-42-29-17-23(13-24(35)33(29)38)31-30(34(39)43-18-20-9-7-6-8-10-20)19(2)36-25-14-22(15-26(37)32(25)31)21-11-12-27(40-3)28(16-21)41-4/h6-13,16-17,22,31,36,38H,5,14-15,18H2,1-4H3. The van der Waals surface area contributed by atoms with Gasteiger partial charge in [-0.25, -0.2) is 4.79 Å². The van der Waals surface area contributed by atoms with Crippen LogP contribution < -0.4 is 19.5 Å². The van der Waals surface area contributed by atoms with Gasteiger partial charge < -0.3 is 29.4 Å². The second-order valence-electron chi connectivity index (χ2n) is 10.5. The molecule has 2 unspecified atom stereocenters. The molecule has 0 bridgehead atoms. The van der Waals surface area contributed by atoms with Gasteiger partial charge in [-0.05, 0) is 83.1 Å². The first kappa shape index (κ1) is 30.2. The van der Waals surface area contributed by atoms with Gasteiger partial charge in [0.1, 0.15) is 6.61 Å². The minimum Gasteiger partial charge on any atom is -0.503 e. The highest BCUT2D eigenvalue weighted by Gasteiger charge is 2.42. The average molecular weight is 649 g/mol. The number of allylic oxidation sites excluding steroid dienone is 3. The molecule has 1 heterocycles. The third-order valence-corrected chi connectivity index (χ3v) is 8.43. The summed E-state index contributed by atoms with van der Waals surface area (Å²) >= 11 is 3.43. The maximum atomic E-state index is 14.1. The van der Waals surface area contributed by atoms with E-state index in [1.54, 1.807) is 26.4 Å². The summed E-state index contributed by atoms with van der Waals surface area (Å²) in [6, 6.07) is 18.5. The number of phenolic OH excluding ortho intramolecular Hbond substituents is 1. The summed E-state index contributed by atoms with van der Waals surface area (Å²) in [6.45, 7) is 4.06. The van der Waals surface area contributed by atoms with E-state index in [2.05, 4.69) is 21.2 Å². The Morgan fingerprint density at radius 3 is 2.40 bits per heavy atom. The molecule has 0 aromatic heterocycles. The second-order valence-corrected chi connectivity index (χ2v) is 11.3. The van der Waals surface area contributed by atoms with E-state index in [1.165, 1.54) is 0 Å². The summed E-state index contributed by atoms with van der Waals surface area (Å²) in [5, 5.41) is 14.0. The topological polar surface area (TPSA) is 103 Å². The molecule has 0 radical (unpaired) electrons. The average Bonchev–Trinajstić information content (AvgIpc) is 3.01. The lowest BCUT2D eigenvalue weighted by molar-refractivity contribution is -0.140. The van der Waals surface area contributed by atoms with Gasteiger partial charge in [-0.2, -0.15) is 0 Å². The van der Waals surface area contributed by atoms with Crippen molar-refractivity contribution in [2.24, 2.45) is 0 Å². The van der Waals surface area contributed by atoms with Crippen LogP contribution in [0.5, 0.6) is 23.0 Å². The van der Waals surface area contributed by atoms with Gasteiger partial charge in [-0.3, -0.25) is 4.79 Å². The Balaban J connectivity index is 1.57. The number of methoxy groups -OCH3 is 2. The Kier molecular flexibility index (Phi) is 9.11. The Morgan fingerprint density at radius 1 is 0.977 bits per heavy atom. The minimum atomic E-state index is -0.727. The fourth-order valence-electron chi connectivity index (χ4n) is 5.81. The van der Waals surface area contributed by atoms with Crippen LogP contribution in [0.1, 0.15) is 55.2 Å². The van der Waals surface area contributed by atoms with E-state index in [4.69, 9.17) is 18.9 Å². The molecule has 3 aromatic rings. The highest BCUT2D eigenvalue weighted by atomic mass is 79.9. The number of ketones is 1. The van der Waals surface area contributed by atoms with Crippen molar-refractivity contribution in [3.8, 4) is 23.0 Å². The number of benzene rings is 3. The van der Waals surface area contributed by atoms with Crippen molar-refractivity contribution in [3.63, 3.8) is 0 Å². The van der Waals surface area contributed by atoms with Crippen molar-refractivity contribution < 1.29 is 33.6 Å². The fraction of sp³-hybridized carbons (Fsp3) is 0.294. The van der Waals surface area contributed by atoms with Crippen LogP contribution in [0.4, 0.5) is 0 Å². The first-order chi connectivity index (χ1) is 20.7. The van der Waals surface area contributed by atoms with Gasteiger partial charge in [0.15, 0.2) is 28.8 Å². The van der Waals surface area contributed by atoms with Gasteiger partial charge in [-0.15, -0.1) is 0 Å². The normalized spacial score (nSPS) is 18.1. The Hall–Kier alpha value is -4.24. The lowest BCUT2D eigenvalue weighted by Crippen LogP contribution is -2.36. The summed E-state index contributed by atoms with van der Waals surface area (Å²) in [6.07, 6.45) is 0.795. The van der Waals surface area contributed by atoms with E-state index in [0.717, 1.165) is 16.8 Å². The van der Waals surface area contributed by atoms with Crippen molar-refractivity contribution in [3.05, 3.63) is 104 Å². The molecule has 3 aromatic carbocycles. The van der Waals surface area contributed by atoms with Crippen molar-refractivity contribution in [2.45, 2.75) is 45.1 Å². The molecule has 0 spiro atoms. The molecule has 43 heavy (non-hydrogen) atoms. The molecular formula is C34H34BrNO7. The molecular weight excluding hydrogens is 614 g/mol. The Labute approximate surface area is 259 Å². The third kappa shape index (κ3) is 6.13. The van der Waals surface area contributed by atoms with E-state index in [0.29, 0.717) is 51.4 Å². The number of hydrogen-bond acceptors (Lipinski definition) is 8. The number of dihydropyridines is 1. The van der Waals surface area contributed by atoms with E-state index < -0.39 is 11.9 Å². The van der Waals surface area contributed by atoms with Crippen LogP contribution in [-0.4, -0.2) is 37.7 Å². The van der Waals surface area contributed by atoms with Crippen molar-refractivity contribution in [1.29, 1.82) is 0 Å². The zero-order valence-electron chi connectivity index (χ0n) is 24.5. The van der Waals surface area contributed by atoms with Gasteiger partial charge in [0.05, 0.1) is 30.9 Å². The molecule has 5 rings (SSSR count). The summed E-state index contributed by atoms with van der Waals surface area (Å²) in [4.78, 5) is 27.8. The molecule has 224 valence electrons. The zero-order valence-corrected chi connectivity index (χ0v) is 26.1. The molecule has 1 aliphatic heterocycles. The number of esters is 1. The highest BCUT2D eigenvalue weighted by Crippen LogP contribution is 2.49. The van der Waals surface area contributed by atoms with E-state index in [9.17, 15) is 14.7 Å². The molecule has 2 atom stereocenters.